The molecule has 32 heavy (non-hydrogen) atoms. The molecule has 2 heterocycles. The standard InChI is InChI=1S/C26H28N6/c1-4-10-22(11-5-1)20-30-16-18-31(19-17-30)25(24-14-8-3-9-15-24)26-27-28-29-32(26)21-23-12-6-2-7-13-23/h1-15,25H,16-21H2/t25-/m1/s1. The van der Waals surface area contributed by atoms with Crippen LogP contribution in [0.3, 0.4) is 0 Å². The second-order valence-corrected chi connectivity index (χ2v) is 8.29. The van der Waals surface area contributed by atoms with Crippen LogP contribution < -0.4 is 0 Å². The highest BCUT2D eigenvalue weighted by Crippen LogP contribution is 2.28. The van der Waals surface area contributed by atoms with Crippen LogP contribution in [0, 0.1) is 0 Å². The summed E-state index contributed by atoms with van der Waals surface area (Å²) in [6, 6.07) is 31.7. The van der Waals surface area contributed by atoms with Crippen molar-refractivity contribution >= 4 is 0 Å². The Kier molecular flexibility index (Phi) is 6.32. The van der Waals surface area contributed by atoms with Crippen LogP contribution in [0.2, 0.25) is 0 Å². The molecule has 0 bridgehead atoms. The normalized spacial score (nSPS) is 16.1. The van der Waals surface area contributed by atoms with E-state index in [1.165, 1.54) is 16.7 Å². The molecule has 5 rings (SSSR count). The number of piperazine rings is 1. The maximum atomic E-state index is 4.50. The fourth-order valence-corrected chi connectivity index (χ4v) is 4.46. The van der Waals surface area contributed by atoms with Crippen LogP contribution in [0.1, 0.15) is 28.6 Å². The SMILES string of the molecule is c1ccc(CN2CCN([C@H](c3ccccc3)c3nnnn3Cc3ccccc3)CC2)cc1. The first kappa shape index (κ1) is 20.5. The van der Waals surface area contributed by atoms with Gasteiger partial charge in [-0.25, -0.2) is 4.68 Å². The molecule has 1 aliphatic heterocycles. The molecular formula is C26H28N6. The van der Waals surface area contributed by atoms with E-state index < -0.39 is 0 Å². The molecule has 3 aromatic carbocycles. The minimum atomic E-state index is 0.0359. The lowest BCUT2D eigenvalue weighted by molar-refractivity contribution is 0.100. The summed E-state index contributed by atoms with van der Waals surface area (Å²) in [5.74, 6) is 0.900. The summed E-state index contributed by atoms with van der Waals surface area (Å²) in [5.41, 5.74) is 3.79. The third-order valence-corrected chi connectivity index (χ3v) is 6.12. The van der Waals surface area contributed by atoms with E-state index in [-0.39, 0.29) is 6.04 Å². The zero-order chi connectivity index (χ0) is 21.6. The Hall–Kier alpha value is -3.35. The summed E-state index contributed by atoms with van der Waals surface area (Å²) in [4.78, 5) is 5.05. The van der Waals surface area contributed by atoms with Crippen LogP contribution in [-0.4, -0.2) is 56.2 Å². The molecule has 0 unspecified atom stereocenters. The third kappa shape index (κ3) is 4.77. The Bertz CT molecular complexity index is 1090. The number of aromatic nitrogens is 4. The molecule has 1 fully saturated rings. The van der Waals surface area contributed by atoms with Crippen molar-refractivity contribution in [2.45, 2.75) is 19.1 Å². The molecule has 0 aliphatic carbocycles. The molecule has 1 atom stereocenters. The van der Waals surface area contributed by atoms with Gasteiger partial charge in [0.25, 0.3) is 0 Å². The minimum Gasteiger partial charge on any atom is -0.297 e. The Labute approximate surface area is 189 Å². The van der Waals surface area contributed by atoms with E-state index in [0.717, 1.165) is 38.5 Å². The van der Waals surface area contributed by atoms with Crippen molar-refractivity contribution in [3.8, 4) is 0 Å². The Morgan fingerprint density at radius 3 is 1.84 bits per heavy atom. The highest BCUT2D eigenvalue weighted by atomic mass is 15.6. The maximum Gasteiger partial charge on any atom is 0.173 e. The fourth-order valence-electron chi connectivity index (χ4n) is 4.46. The van der Waals surface area contributed by atoms with Gasteiger partial charge < -0.3 is 0 Å². The number of hydrogen-bond acceptors (Lipinski definition) is 5. The maximum absolute atomic E-state index is 4.50. The molecule has 0 amide bonds. The molecule has 0 radical (unpaired) electrons. The van der Waals surface area contributed by atoms with E-state index in [9.17, 15) is 0 Å². The molecule has 6 heteroatoms. The number of nitrogens with zero attached hydrogens (tertiary/aromatic N) is 6. The van der Waals surface area contributed by atoms with E-state index >= 15 is 0 Å². The second kappa shape index (κ2) is 9.85. The monoisotopic (exact) mass is 424 g/mol. The van der Waals surface area contributed by atoms with Crippen LogP contribution >= 0.6 is 0 Å². The Balaban J connectivity index is 1.36. The molecule has 0 spiro atoms. The predicted octanol–water partition coefficient (Wildman–Crippen LogP) is 3.63. The van der Waals surface area contributed by atoms with E-state index in [0.29, 0.717) is 6.54 Å². The summed E-state index contributed by atoms with van der Waals surface area (Å²) in [6.07, 6.45) is 0. The highest BCUT2D eigenvalue weighted by Gasteiger charge is 2.30. The summed E-state index contributed by atoms with van der Waals surface area (Å²) in [5, 5.41) is 12.9. The molecule has 0 N–H and O–H groups in total. The lowest BCUT2D eigenvalue weighted by Gasteiger charge is -2.39. The molecular weight excluding hydrogens is 396 g/mol. The van der Waals surface area contributed by atoms with Crippen LogP contribution in [0.5, 0.6) is 0 Å². The fraction of sp³-hybridized carbons (Fsp3) is 0.269. The van der Waals surface area contributed by atoms with Crippen LogP contribution in [0.25, 0.3) is 0 Å². The van der Waals surface area contributed by atoms with Gasteiger partial charge in [0.05, 0.1) is 12.6 Å². The zero-order valence-corrected chi connectivity index (χ0v) is 18.2. The lowest BCUT2D eigenvalue weighted by Crippen LogP contribution is -2.47. The van der Waals surface area contributed by atoms with E-state index in [4.69, 9.17) is 0 Å². The minimum absolute atomic E-state index is 0.0359. The van der Waals surface area contributed by atoms with Gasteiger partial charge in [0.1, 0.15) is 0 Å². The van der Waals surface area contributed by atoms with E-state index in [2.05, 4.69) is 110 Å². The summed E-state index contributed by atoms with van der Waals surface area (Å²) in [6.45, 7) is 5.67. The van der Waals surface area contributed by atoms with Gasteiger partial charge in [-0.2, -0.15) is 0 Å². The van der Waals surface area contributed by atoms with Gasteiger partial charge >= 0.3 is 0 Å². The van der Waals surface area contributed by atoms with Gasteiger partial charge in [0.2, 0.25) is 0 Å². The molecule has 0 saturated carbocycles. The average Bonchev–Trinajstić information content (AvgIpc) is 3.30. The molecule has 162 valence electrons. The number of hydrogen-bond donors (Lipinski definition) is 0. The van der Waals surface area contributed by atoms with Crippen LogP contribution in [-0.2, 0) is 13.1 Å². The molecule has 1 aromatic heterocycles. The van der Waals surface area contributed by atoms with Crippen molar-refractivity contribution in [2.24, 2.45) is 0 Å². The quantitative estimate of drug-likeness (QED) is 0.453. The topological polar surface area (TPSA) is 50.1 Å². The first-order chi connectivity index (χ1) is 15.9. The van der Waals surface area contributed by atoms with Gasteiger partial charge in [0.15, 0.2) is 5.82 Å². The first-order valence-electron chi connectivity index (χ1n) is 11.2. The zero-order valence-electron chi connectivity index (χ0n) is 18.2. The van der Waals surface area contributed by atoms with Crippen molar-refractivity contribution in [2.75, 3.05) is 26.2 Å². The molecule has 6 nitrogen and oxygen atoms in total. The lowest BCUT2D eigenvalue weighted by atomic mass is 10.0. The largest absolute Gasteiger partial charge is 0.297 e. The van der Waals surface area contributed by atoms with E-state index in [1.807, 2.05) is 10.7 Å². The van der Waals surface area contributed by atoms with E-state index in [1.54, 1.807) is 0 Å². The Morgan fingerprint density at radius 1 is 0.656 bits per heavy atom. The van der Waals surface area contributed by atoms with Gasteiger partial charge in [-0.1, -0.05) is 91.0 Å². The molecule has 1 saturated heterocycles. The summed E-state index contributed by atoms with van der Waals surface area (Å²) < 4.78 is 1.95. The summed E-state index contributed by atoms with van der Waals surface area (Å²) in [7, 11) is 0. The first-order valence-corrected chi connectivity index (χ1v) is 11.2. The number of benzene rings is 3. The van der Waals surface area contributed by atoms with Crippen molar-refractivity contribution in [3.05, 3.63) is 114 Å². The smallest absolute Gasteiger partial charge is 0.173 e. The summed E-state index contributed by atoms with van der Waals surface area (Å²) >= 11 is 0. The third-order valence-electron chi connectivity index (χ3n) is 6.12. The predicted molar refractivity (Wildman–Crippen MR) is 125 cm³/mol. The Morgan fingerprint density at radius 2 is 1.22 bits per heavy atom. The number of rotatable bonds is 7. The molecule has 4 aromatic rings. The van der Waals surface area contributed by atoms with Crippen molar-refractivity contribution in [1.29, 1.82) is 0 Å². The molecule has 1 aliphatic rings. The van der Waals surface area contributed by atoms with Gasteiger partial charge in [-0.15, -0.1) is 5.10 Å². The highest BCUT2D eigenvalue weighted by molar-refractivity contribution is 5.26. The van der Waals surface area contributed by atoms with Crippen LogP contribution in [0.15, 0.2) is 91.0 Å². The second-order valence-electron chi connectivity index (χ2n) is 8.29. The van der Waals surface area contributed by atoms with Gasteiger partial charge in [0, 0.05) is 32.7 Å². The number of tetrazole rings is 1. The van der Waals surface area contributed by atoms with Crippen LogP contribution in [0.4, 0.5) is 0 Å². The van der Waals surface area contributed by atoms with Crippen molar-refractivity contribution in [3.63, 3.8) is 0 Å². The van der Waals surface area contributed by atoms with Crippen molar-refractivity contribution < 1.29 is 0 Å². The van der Waals surface area contributed by atoms with Gasteiger partial charge in [-0.05, 0) is 27.1 Å². The average molecular weight is 425 g/mol. The van der Waals surface area contributed by atoms with Gasteiger partial charge in [-0.3, -0.25) is 9.80 Å². The van der Waals surface area contributed by atoms with Crippen molar-refractivity contribution in [1.82, 2.24) is 30.0 Å².